The van der Waals surface area contributed by atoms with Crippen LogP contribution in [-0.4, -0.2) is 25.1 Å². The third-order valence-corrected chi connectivity index (χ3v) is 8.17. The van der Waals surface area contributed by atoms with Gasteiger partial charge < -0.3 is 5.32 Å². The zero-order chi connectivity index (χ0) is 17.2. The van der Waals surface area contributed by atoms with Gasteiger partial charge in [0.1, 0.15) is 0 Å². The second kappa shape index (κ2) is 7.04. The van der Waals surface area contributed by atoms with Crippen molar-refractivity contribution in [3.05, 3.63) is 29.3 Å². The van der Waals surface area contributed by atoms with E-state index in [1.54, 1.807) is 12.1 Å². The second-order valence-electron chi connectivity index (χ2n) is 6.97. The molecule has 0 heterocycles. The van der Waals surface area contributed by atoms with Crippen molar-refractivity contribution in [2.24, 2.45) is 0 Å². The van der Waals surface area contributed by atoms with E-state index >= 15 is 0 Å². The molecule has 2 saturated carbocycles. The molecule has 1 N–H and O–H groups in total. The lowest BCUT2D eigenvalue weighted by molar-refractivity contribution is -0.124. The first-order valence-corrected chi connectivity index (χ1v) is 10.6. The Kier molecular flexibility index (Phi) is 5.21. The average Bonchev–Trinajstić information content (AvgIpc) is 3.08. The van der Waals surface area contributed by atoms with Crippen LogP contribution in [0.5, 0.6) is 0 Å². The molecule has 24 heavy (non-hydrogen) atoms. The molecule has 0 aliphatic heterocycles. The summed E-state index contributed by atoms with van der Waals surface area (Å²) in [6.07, 6.45) is 7.62. The molecule has 2 fully saturated rings. The fourth-order valence-corrected chi connectivity index (χ4v) is 6.17. The van der Waals surface area contributed by atoms with E-state index in [4.69, 9.17) is 11.6 Å². The Morgan fingerprint density at radius 3 is 2.17 bits per heavy atom. The van der Waals surface area contributed by atoms with Gasteiger partial charge in [-0.2, -0.15) is 0 Å². The molecule has 2 aliphatic rings. The third kappa shape index (κ3) is 3.21. The van der Waals surface area contributed by atoms with Crippen molar-refractivity contribution in [1.82, 2.24) is 5.32 Å². The zero-order valence-corrected chi connectivity index (χ0v) is 15.3. The maximum Gasteiger partial charge on any atom is 0.242 e. The van der Waals surface area contributed by atoms with Crippen LogP contribution in [0.1, 0.15) is 57.8 Å². The molecule has 132 valence electrons. The Balaban J connectivity index is 1.89. The first kappa shape index (κ1) is 17.7. The number of benzene rings is 1. The Morgan fingerprint density at radius 2 is 1.58 bits per heavy atom. The minimum Gasteiger partial charge on any atom is -0.352 e. The van der Waals surface area contributed by atoms with Gasteiger partial charge in [0.15, 0.2) is 14.6 Å². The molecule has 3 rings (SSSR count). The summed E-state index contributed by atoms with van der Waals surface area (Å²) >= 11 is 5.87. The predicted octanol–water partition coefficient (Wildman–Crippen LogP) is 3.88. The molecular formula is C18H24ClNO3S. The quantitative estimate of drug-likeness (QED) is 0.876. The highest BCUT2D eigenvalue weighted by atomic mass is 35.5. The van der Waals surface area contributed by atoms with E-state index in [9.17, 15) is 13.2 Å². The van der Waals surface area contributed by atoms with Crippen molar-refractivity contribution in [1.29, 1.82) is 0 Å². The molecule has 0 saturated heterocycles. The van der Waals surface area contributed by atoms with E-state index in [-0.39, 0.29) is 16.8 Å². The van der Waals surface area contributed by atoms with Crippen LogP contribution in [0.2, 0.25) is 5.02 Å². The molecule has 4 nitrogen and oxygen atoms in total. The minimum atomic E-state index is -3.74. The van der Waals surface area contributed by atoms with E-state index in [0.717, 1.165) is 38.5 Å². The number of sulfone groups is 1. The first-order valence-electron chi connectivity index (χ1n) is 8.77. The van der Waals surface area contributed by atoms with Crippen LogP contribution in [0.3, 0.4) is 0 Å². The highest BCUT2D eigenvalue weighted by Crippen LogP contribution is 2.41. The number of amides is 1. The van der Waals surface area contributed by atoms with Crippen LogP contribution >= 0.6 is 11.6 Å². The fraction of sp³-hybridized carbons (Fsp3) is 0.611. The summed E-state index contributed by atoms with van der Waals surface area (Å²) in [6.45, 7) is 0. The standard InChI is InChI=1S/C18H24ClNO3S/c19-14-8-10-16(11-9-14)24(22,23)18(12-4-5-13-18)17(21)20-15-6-2-1-3-7-15/h8-11,15H,1-7,12-13H2,(H,20,21). The van der Waals surface area contributed by atoms with E-state index < -0.39 is 14.6 Å². The highest BCUT2D eigenvalue weighted by Gasteiger charge is 2.53. The van der Waals surface area contributed by atoms with Gasteiger partial charge in [0.2, 0.25) is 5.91 Å². The van der Waals surface area contributed by atoms with E-state index in [2.05, 4.69) is 5.32 Å². The maximum absolute atomic E-state index is 13.2. The van der Waals surface area contributed by atoms with E-state index in [0.29, 0.717) is 17.9 Å². The zero-order valence-electron chi connectivity index (χ0n) is 13.8. The molecular weight excluding hydrogens is 346 g/mol. The monoisotopic (exact) mass is 369 g/mol. The van der Waals surface area contributed by atoms with Gasteiger partial charge in [-0.05, 0) is 49.9 Å². The molecule has 1 amide bonds. The Morgan fingerprint density at radius 1 is 1.00 bits per heavy atom. The second-order valence-corrected chi connectivity index (χ2v) is 9.66. The molecule has 0 aromatic heterocycles. The van der Waals surface area contributed by atoms with Crippen LogP contribution in [0, 0.1) is 0 Å². The lowest BCUT2D eigenvalue weighted by Crippen LogP contribution is -2.53. The van der Waals surface area contributed by atoms with Gasteiger partial charge in [-0.25, -0.2) is 8.42 Å². The van der Waals surface area contributed by atoms with Crippen LogP contribution in [0.25, 0.3) is 0 Å². The molecule has 0 bridgehead atoms. The van der Waals surface area contributed by atoms with Crippen LogP contribution in [-0.2, 0) is 14.6 Å². The summed E-state index contributed by atoms with van der Waals surface area (Å²) in [4.78, 5) is 13.2. The minimum absolute atomic E-state index is 0.115. The van der Waals surface area contributed by atoms with Gasteiger partial charge in [-0.15, -0.1) is 0 Å². The van der Waals surface area contributed by atoms with Crippen LogP contribution < -0.4 is 5.32 Å². The molecule has 2 aliphatic carbocycles. The predicted molar refractivity (Wildman–Crippen MR) is 94.9 cm³/mol. The molecule has 6 heteroatoms. The summed E-state index contributed by atoms with van der Waals surface area (Å²) < 4.78 is 25.2. The summed E-state index contributed by atoms with van der Waals surface area (Å²) in [5, 5.41) is 3.53. The van der Waals surface area contributed by atoms with Crippen molar-refractivity contribution < 1.29 is 13.2 Å². The summed E-state index contributed by atoms with van der Waals surface area (Å²) in [5.41, 5.74) is 0. The first-order chi connectivity index (χ1) is 11.5. The van der Waals surface area contributed by atoms with Crippen molar-refractivity contribution in [2.75, 3.05) is 0 Å². The van der Waals surface area contributed by atoms with E-state index in [1.807, 2.05) is 0 Å². The van der Waals surface area contributed by atoms with Gasteiger partial charge >= 0.3 is 0 Å². The lowest BCUT2D eigenvalue weighted by atomic mass is 9.94. The summed E-state index contributed by atoms with van der Waals surface area (Å²) in [5.74, 6) is -0.304. The maximum atomic E-state index is 13.2. The number of carbonyl (C=O) groups excluding carboxylic acids is 1. The number of carbonyl (C=O) groups is 1. The van der Waals surface area contributed by atoms with Crippen molar-refractivity contribution in [2.45, 2.75) is 73.5 Å². The highest BCUT2D eigenvalue weighted by molar-refractivity contribution is 7.93. The van der Waals surface area contributed by atoms with Crippen molar-refractivity contribution >= 4 is 27.3 Å². The molecule has 0 atom stereocenters. The third-order valence-electron chi connectivity index (χ3n) is 5.40. The number of hydrogen-bond acceptors (Lipinski definition) is 3. The fourth-order valence-electron chi connectivity index (χ4n) is 3.97. The number of halogens is 1. The average molecular weight is 370 g/mol. The normalized spacial score (nSPS) is 21.5. The van der Waals surface area contributed by atoms with Crippen molar-refractivity contribution in [3.8, 4) is 0 Å². The number of hydrogen-bond donors (Lipinski definition) is 1. The summed E-state index contributed by atoms with van der Waals surface area (Å²) in [7, 11) is -3.74. The van der Waals surface area contributed by atoms with Gasteiger partial charge in [0, 0.05) is 11.1 Å². The molecule has 0 radical (unpaired) electrons. The Hall–Kier alpha value is -1.07. The van der Waals surface area contributed by atoms with Gasteiger partial charge in [0.25, 0.3) is 0 Å². The van der Waals surface area contributed by atoms with Gasteiger partial charge in [-0.3, -0.25) is 4.79 Å². The Bertz CT molecular complexity index is 687. The van der Waals surface area contributed by atoms with Crippen LogP contribution in [0.15, 0.2) is 29.2 Å². The molecule has 1 aromatic carbocycles. The Labute approximate surface area is 148 Å². The largest absolute Gasteiger partial charge is 0.352 e. The van der Waals surface area contributed by atoms with Crippen LogP contribution in [0.4, 0.5) is 0 Å². The van der Waals surface area contributed by atoms with Crippen molar-refractivity contribution in [3.63, 3.8) is 0 Å². The van der Waals surface area contributed by atoms with Gasteiger partial charge in [-0.1, -0.05) is 43.7 Å². The molecule has 0 unspecified atom stereocenters. The number of nitrogens with one attached hydrogen (secondary N) is 1. The molecule has 1 aromatic rings. The summed E-state index contributed by atoms with van der Waals surface area (Å²) in [6, 6.07) is 6.26. The van der Waals surface area contributed by atoms with E-state index in [1.165, 1.54) is 18.6 Å². The topological polar surface area (TPSA) is 63.2 Å². The number of rotatable bonds is 4. The lowest BCUT2D eigenvalue weighted by Gasteiger charge is -2.31. The molecule has 0 spiro atoms. The smallest absolute Gasteiger partial charge is 0.242 e. The SMILES string of the molecule is O=C(NC1CCCCC1)C1(S(=O)(=O)c2ccc(Cl)cc2)CCCC1. The van der Waals surface area contributed by atoms with Gasteiger partial charge in [0.05, 0.1) is 4.90 Å².